The summed E-state index contributed by atoms with van der Waals surface area (Å²) >= 11 is 0. The van der Waals surface area contributed by atoms with E-state index in [2.05, 4.69) is 0 Å². The van der Waals surface area contributed by atoms with Gasteiger partial charge in [-0.1, -0.05) is 12.1 Å². The predicted octanol–water partition coefficient (Wildman–Crippen LogP) is 1.30. The first-order valence-corrected chi connectivity index (χ1v) is 6.43. The van der Waals surface area contributed by atoms with Crippen LogP contribution in [0.2, 0.25) is 0 Å². The van der Waals surface area contributed by atoms with E-state index in [0.29, 0.717) is 16.9 Å². The second-order valence-electron chi connectivity index (χ2n) is 4.99. The summed E-state index contributed by atoms with van der Waals surface area (Å²) < 4.78 is 5.69. The van der Waals surface area contributed by atoms with Crippen LogP contribution in [0.3, 0.4) is 0 Å². The van der Waals surface area contributed by atoms with Crippen molar-refractivity contribution in [3.05, 3.63) is 47.5 Å². The Morgan fingerprint density at radius 3 is 2.43 bits per heavy atom. The number of hydrogen-bond donors (Lipinski definition) is 5. The van der Waals surface area contributed by atoms with Gasteiger partial charge in [0.1, 0.15) is 17.6 Å². The van der Waals surface area contributed by atoms with Gasteiger partial charge in [0.05, 0.1) is 11.6 Å². The number of fused-ring (bicyclic) bond motifs is 1. The molecular weight excluding hydrogens is 274 g/mol. The summed E-state index contributed by atoms with van der Waals surface area (Å²) in [7, 11) is 0. The Hall–Kier alpha value is -2.44. The molecule has 6 N–H and O–H groups in total. The lowest BCUT2D eigenvalue weighted by atomic mass is 9.90. The number of aliphatic hydroxyl groups excluding tert-OH is 1. The van der Waals surface area contributed by atoms with Crippen LogP contribution in [0.1, 0.15) is 23.3 Å². The van der Waals surface area contributed by atoms with Crippen LogP contribution in [0.4, 0.5) is 0 Å². The summed E-state index contributed by atoms with van der Waals surface area (Å²) in [5.41, 5.74) is 6.81. The number of hydrogen-bond acceptors (Lipinski definition) is 6. The van der Waals surface area contributed by atoms with Crippen molar-refractivity contribution in [3.8, 4) is 23.0 Å². The van der Waals surface area contributed by atoms with Crippen molar-refractivity contribution < 1.29 is 25.2 Å². The molecule has 2 aromatic rings. The van der Waals surface area contributed by atoms with Crippen LogP contribution >= 0.6 is 0 Å². The zero-order chi connectivity index (χ0) is 15.1. The van der Waals surface area contributed by atoms with Crippen molar-refractivity contribution in [3.63, 3.8) is 0 Å². The molecule has 0 aliphatic carbocycles. The smallest absolute Gasteiger partial charge is 0.157 e. The van der Waals surface area contributed by atoms with Crippen molar-refractivity contribution in [1.29, 1.82) is 0 Å². The minimum absolute atomic E-state index is 0.0361. The molecule has 3 rings (SSSR count). The first-order chi connectivity index (χ1) is 9.99. The van der Waals surface area contributed by atoms with Crippen molar-refractivity contribution >= 4 is 0 Å². The number of phenolic OH excluding ortho intramolecular Hbond substituents is 3. The Balaban J connectivity index is 2.04. The molecule has 0 fully saturated rings. The molecule has 1 heterocycles. The largest absolute Gasteiger partial charge is 0.507 e. The molecule has 0 saturated carbocycles. The molecule has 110 valence electrons. The zero-order valence-corrected chi connectivity index (χ0v) is 11.0. The van der Waals surface area contributed by atoms with E-state index in [0.717, 1.165) is 0 Å². The molecule has 6 nitrogen and oxygen atoms in total. The third-order valence-electron chi connectivity index (χ3n) is 3.64. The molecule has 2 aromatic carbocycles. The third kappa shape index (κ3) is 2.14. The highest BCUT2D eigenvalue weighted by atomic mass is 16.5. The van der Waals surface area contributed by atoms with Gasteiger partial charge in [-0.05, 0) is 29.8 Å². The highest BCUT2D eigenvalue weighted by Gasteiger charge is 2.37. The summed E-state index contributed by atoms with van der Waals surface area (Å²) in [5.74, 6) is -0.221. The van der Waals surface area contributed by atoms with E-state index in [1.54, 1.807) is 12.1 Å². The first kappa shape index (κ1) is 13.5. The lowest BCUT2D eigenvalue weighted by Gasteiger charge is -2.35. The molecule has 0 aromatic heterocycles. The Kier molecular flexibility index (Phi) is 3.12. The number of aliphatic hydroxyl groups is 1. The van der Waals surface area contributed by atoms with Gasteiger partial charge in [0, 0.05) is 0 Å². The molecule has 0 spiro atoms. The van der Waals surface area contributed by atoms with E-state index in [1.807, 2.05) is 0 Å². The van der Waals surface area contributed by atoms with Crippen molar-refractivity contribution in [2.75, 3.05) is 0 Å². The third-order valence-corrected chi connectivity index (χ3v) is 3.64. The van der Waals surface area contributed by atoms with E-state index in [9.17, 15) is 20.4 Å². The van der Waals surface area contributed by atoms with Gasteiger partial charge in [0.2, 0.25) is 0 Å². The van der Waals surface area contributed by atoms with Crippen LogP contribution in [0.25, 0.3) is 0 Å². The fourth-order valence-electron chi connectivity index (χ4n) is 2.52. The molecule has 0 unspecified atom stereocenters. The SMILES string of the molecule is N[C@@H]1c2c(O)cccc2O[C@H](c2ccc(O)c(O)c2)[C@@H]1O. The van der Waals surface area contributed by atoms with Gasteiger partial charge in [0.25, 0.3) is 0 Å². The van der Waals surface area contributed by atoms with Gasteiger partial charge in [-0.2, -0.15) is 0 Å². The number of ether oxygens (including phenoxy) is 1. The molecule has 0 radical (unpaired) electrons. The molecule has 0 amide bonds. The lowest BCUT2D eigenvalue weighted by Crippen LogP contribution is -2.38. The van der Waals surface area contributed by atoms with Gasteiger partial charge < -0.3 is 30.9 Å². The Morgan fingerprint density at radius 2 is 1.71 bits per heavy atom. The van der Waals surface area contributed by atoms with Gasteiger partial charge in [-0.3, -0.25) is 0 Å². The normalized spacial score (nSPS) is 24.2. The number of aromatic hydroxyl groups is 3. The van der Waals surface area contributed by atoms with Crippen LogP contribution < -0.4 is 10.5 Å². The molecule has 1 aliphatic rings. The maximum Gasteiger partial charge on any atom is 0.157 e. The molecule has 6 heteroatoms. The Labute approximate surface area is 120 Å². The van der Waals surface area contributed by atoms with Crippen LogP contribution in [0.15, 0.2) is 36.4 Å². The molecule has 21 heavy (non-hydrogen) atoms. The molecule has 1 aliphatic heterocycles. The number of nitrogens with two attached hydrogens (primary N) is 1. The first-order valence-electron chi connectivity index (χ1n) is 6.43. The molecule has 0 bridgehead atoms. The average molecular weight is 289 g/mol. The lowest BCUT2D eigenvalue weighted by molar-refractivity contribution is 0.00000419. The maximum absolute atomic E-state index is 10.3. The second kappa shape index (κ2) is 4.83. The fraction of sp³-hybridized carbons (Fsp3) is 0.200. The highest BCUT2D eigenvalue weighted by Crippen LogP contribution is 2.44. The predicted molar refractivity (Wildman–Crippen MR) is 74.2 cm³/mol. The van der Waals surface area contributed by atoms with Crippen LogP contribution in [-0.2, 0) is 0 Å². The van der Waals surface area contributed by atoms with Gasteiger partial charge in [-0.15, -0.1) is 0 Å². The fourth-order valence-corrected chi connectivity index (χ4v) is 2.52. The van der Waals surface area contributed by atoms with E-state index in [1.165, 1.54) is 24.3 Å². The summed E-state index contributed by atoms with van der Waals surface area (Å²) in [6.45, 7) is 0. The van der Waals surface area contributed by atoms with E-state index < -0.39 is 18.2 Å². The van der Waals surface area contributed by atoms with E-state index >= 15 is 0 Å². The monoisotopic (exact) mass is 289 g/mol. The second-order valence-corrected chi connectivity index (χ2v) is 4.99. The van der Waals surface area contributed by atoms with E-state index in [4.69, 9.17) is 10.5 Å². The van der Waals surface area contributed by atoms with E-state index in [-0.39, 0.29) is 17.2 Å². The molecule has 3 atom stereocenters. The maximum atomic E-state index is 10.3. The number of phenols is 3. The summed E-state index contributed by atoms with van der Waals surface area (Å²) in [6.07, 6.45) is -1.91. The summed E-state index contributed by atoms with van der Waals surface area (Å²) in [6, 6.07) is 8.06. The number of benzene rings is 2. The molecule has 0 saturated heterocycles. The number of rotatable bonds is 1. The van der Waals surface area contributed by atoms with Crippen molar-refractivity contribution in [2.45, 2.75) is 18.2 Å². The van der Waals surface area contributed by atoms with Gasteiger partial charge >= 0.3 is 0 Å². The standard InChI is InChI=1S/C15H15NO5/c16-13-12-9(18)2-1-3-11(12)21-15(14(13)20)7-4-5-8(17)10(19)6-7/h1-6,13-15,17-20H,16H2/t13-,14-,15-/m1/s1. The topological polar surface area (TPSA) is 116 Å². The minimum atomic E-state index is -1.10. The van der Waals surface area contributed by atoms with Crippen LogP contribution in [0, 0.1) is 0 Å². The quantitative estimate of drug-likeness (QED) is 0.505. The zero-order valence-electron chi connectivity index (χ0n) is 11.0. The average Bonchev–Trinajstić information content (AvgIpc) is 2.46. The van der Waals surface area contributed by atoms with Crippen molar-refractivity contribution in [2.24, 2.45) is 5.73 Å². The summed E-state index contributed by atoms with van der Waals surface area (Å²) in [4.78, 5) is 0. The Morgan fingerprint density at radius 1 is 0.952 bits per heavy atom. The van der Waals surface area contributed by atoms with Crippen LogP contribution in [-0.4, -0.2) is 26.5 Å². The highest BCUT2D eigenvalue weighted by molar-refractivity contribution is 5.49. The van der Waals surface area contributed by atoms with Crippen LogP contribution in [0.5, 0.6) is 23.0 Å². The molecular formula is C15H15NO5. The minimum Gasteiger partial charge on any atom is -0.507 e. The van der Waals surface area contributed by atoms with Crippen molar-refractivity contribution in [1.82, 2.24) is 0 Å². The van der Waals surface area contributed by atoms with Gasteiger partial charge in [0.15, 0.2) is 17.6 Å². The van der Waals surface area contributed by atoms with Gasteiger partial charge in [-0.25, -0.2) is 0 Å². The summed E-state index contributed by atoms with van der Waals surface area (Å²) in [5, 5.41) is 39.1. The Bertz CT molecular complexity index is 688.